The van der Waals surface area contributed by atoms with E-state index in [0.717, 1.165) is 18.5 Å². The summed E-state index contributed by atoms with van der Waals surface area (Å²) in [5, 5.41) is 2.82. The predicted molar refractivity (Wildman–Crippen MR) is 97.9 cm³/mol. The highest BCUT2D eigenvalue weighted by atomic mass is 16.6. The first-order valence-electron chi connectivity index (χ1n) is 8.75. The number of para-hydroxylation sites is 1. The van der Waals surface area contributed by atoms with E-state index >= 15 is 0 Å². The molecule has 2 aliphatic rings. The van der Waals surface area contributed by atoms with E-state index in [2.05, 4.69) is 32.7 Å². The van der Waals surface area contributed by atoms with Crippen LogP contribution in [-0.4, -0.2) is 12.2 Å². The first-order chi connectivity index (χ1) is 11.4. The molecule has 3 nitrogen and oxygen atoms in total. The quantitative estimate of drug-likeness (QED) is 0.708. The van der Waals surface area contributed by atoms with Crippen molar-refractivity contribution in [2.24, 2.45) is 11.3 Å². The standard InChI is InChI=1S/C21H27NO2/c1-14-10-11-17-15(2)12-19(21(3,4)13-18(14)17)24-20(23)22-16-8-6-5-7-9-16/h5-9,17,19H,2,10-13H2,1,3-4H3,(H,22,23). The third-order valence-corrected chi connectivity index (χ3v) is 5.50. The Bertz CT molecular complexity index is 672. The van der Waals surface area contributed by atoms with E-state index in [0.29, 0.717) is 5.92 Å². The van der Waals surface area contributed by atoms with Crippen LogP contribution in [0.4, 0.5) is 10.5 Å². The highest BCUT2D eigenvalue weighted by Gasteiger charge is 2.41. The number of nitrogens with one attached hydrogen (secondary N) is 1. The zero-order chi connectivity index (χ0) is 17.3. The molecule has 3 heteroatoms. The normalized spacial score (nSPS) is 25.9. The Labute approximate surface area is 144 Å². The van der Waals surface area contributed by atoms with E-state index in [1.165, 1.54) is 29.6 Å². The number of carbonyl (C=O) groups excluding carboxylic acids is 1. The number of rotatable bonds is 2. The van der Waals surface area contributed by atoms with Crippen LogP contribution in [0.1, 0.15) is 46.5 Å². The molecule has 1 aromatic carbocycles. The van der Waals surface area contributed by atoms with Crippen LogP contribution >= 0.6 is 0 Å². The predicted octanol–water partition coefficient (Wildman–Crippen LogP) is 5.71. The molecule has 1 aromatic rings. The van der Waals surface area contributed by atoms with Crippen molar-refractivity contribution in [1.82, 2.24) is 0 Å². The zero-order valence-electron chi connectivity index (χ0n) is 14.9. The Balaban J connectivity index is 1.74. The fraction of sp³-hybridized carbons (Fsp3) is 0.476. The van der Waals surface area contributed by atoms with Gasteiger partial charge in [0.25, 0.3) is 0 Å². The molecular formula is C21H27NO2. The summed E-state index contributed by atoms with van der Waals surface area (Å²) in [6, 6.07) is 9.42. The molecular weight excluding hydrogens is 298 g/mol. The minimum Gasteiger partial charge on any atom is -0.445 e. The van der Waals surface area contributed by atoms with Crippen molar-refractivity contribution in [1.29, 1.82) is 0 Å². The maximum absolute atomic E-state index is 12.3. The van der Waals surface area contributed by atoms with E-state index in [-0.39, 0.29) is 17.6 Å². The molecule has 1 amide bonds. The molecule has 0 aliphatic heterocycles. The summed E-state index contributed by atoms with van der Waals surface area (Å²) in [7, 11) is 0. The molecule has 0 saturated heterocycles. The fourth-order valence-electron chi connectivity index (χ4n) is 3.98. The van der Waals surface area contributed by atoms with Crippen LogP contribution in [-0.2, 0) is 4.74 Å². The van der Waals surface area contributed by atoms with E-state index < -0.39 is 0 Å². The van der Waals surface area contributed by atoms with E-state index in [4.69, 9.17) is 4.74 Å². The van der Waals surface area contributed by atoms with Gasteiger partial charge >= 0.3 is 6.09 Å². The van der Waals surface area contributed by atoms with Gasteiger partial charge < -0.3 is 4.74 Å². The van der Waals surface area contributed by atoms with Crippen LogP contribution < -0.4 is 5.32 Å². The summed E-state index contributed by atoms with van der Waals surface area (Å²) in [6.45, 7) is 10.9. The molecule has 128 valence electrons. The minimum atomic E-state index is -0.384. The van der Waals surface area contributed by atoms with Crippen LogP contribution in [0.5, 0.6) is 0 Å². The SMILES string of the molecule is C=C1CC(OC(=O)Nc2ccccc2)C(C)(C)CC2=C(C)CCC12. The largest absolute Gasteiger partial charge is 0.445 e. The maximum Gasteiger partial charge on any atom is 0.411 e. The van der Waals surface area contributed by atoms with E-state index in [1.54, 1.807) is 0 Å². The highest BCUT2D eigenvalue weighted by Crippen LogP contribution is 2.49. The molecule has 2 aliphatic carbocycles. The zero-order valence-corrected chi connectivity index (χ0v) is 14.9. The molecule has 0 heterocycles. The monoisotopic (exact) mass is 325 g/mol. The first kappa shape index (κ1) is 16.8. The number of carbonyl (C=O) groups is 1. The molecule has 0 aromatic heterocycles. The lowest BCUT2D eigenvalue weighted by Crippen LogP contribution is -2.35. The average molecular weight is 325 g/mol. The van der Waals surface area contributed by atoms with Crippen molar-refractivity contribution in [2.75, 3.05) is 5.32 Å². The number of anilines is 1. The number of ether oxygens (including phenoxy) is 1. The van der Waals surface area contributed by atoms with Crippen molar-refractivity contribution in [2.45, 2.75) is 52.6 Å². The van der Waals surface area contributed by atoms with Gasteiger partial charge in [0.2, 0.25) is 0 Å². The van der Waals surface area contributed by atoms with Gasteiger partial charge in [0.1, 0.15) is 6.10 Å². The lowest BCUT2D eigenvalue weighted by atomic mass is 9.80. The van der Waals surface area contributed by atoms with Crippen LogP contribution in [0.2, 0.25) is 0 Å². The summed E-state index contributed by atoms with van der Waals surface area (Å²) < 4.78 is 5.83. The molecule has 2 unspecified atom stereocenters. The molecule has 1 saturated carbocycles. The van der Waals surface area contributed by atoms with Gasteiger partial charge in [0.15, 0.2) is 0 Å². The van der Waals surface area contributed by atoms with Crippen molar-refractivity contribution in [3.8, 4) is 0 Å². The van der Waals surface area contributed by atoms with Crippen molar-refractivity contribution in [3.63, 3.8) is 0 Å². The lowest BCUT2D eigenvalue weighted by Gasteiger charge is -2.32. The molecule has 0 spiro atoms. The van der Waals surface area contributed by atoms with Gasteiger partial charge in [0, 0.05) is 23.4 Å². The second-order valence-corrected chi connectivity index (χ2v) is 7.81. The summed E-state index contributed by atoms with van der Waals surface area (Å²) in [4.78, 5) is 12.3. The Hall–Kier alpha value is -2.03. The van der Waals surface area contributed by atoms with Gasteiger partial charge in [0.05, 0.1) is 0 Å². The molecule has 0 radical (unpaired) electrons. The summed E-state index contributed by atoms with van der Waals surface area (Å²) in [5.41, 5.74) is 4.91. The fourth-order valence-corrected chi connectivity index (χ4v) is 3.98. The van der Waals surface area contributed by atoms with Crippen LogP contribution in [0.25, 0.3) is 0 Å². The van der Waals surface area contributed by atoms with Gasteiger partial charge in [-0.1, -0.05) is 55.3 Å². The van der Waals surface area contributed by atoms with E-state index in [1.807, 2.05) is 30.3 Å². The smallest absolute Gasteiger partial charge is 0.411 e. The van der Waals surface area contributed by atoms with Gasteiger partial charge in [-0.05, 0) is 38.3 Å². The summed E-state index contributed by atoms with van der Waals surface area (Å²) in [6.07, 6.45) is 3.53. The van der Waals surface area contributed by atoms with Crippen molar-refractivity contribution >= 4 is 11.8 Å². The molecule has 1 N–H and O–H groups in total. The number of benzene rings is 1. The summed E-state index contributed by atoms with van der Waals surface area (Å²) >= 11 is 0. The topological polar surface area (TPSA) is 38.3 Å². The van der Waals surface area contributed by atoms with Crippen LogP contribution in [0.3, 0.4) is 0 Å². The number of amides is 1. The summed E-state index contributed by atoms with van der Waals surface area (Å²) in [5.74, 6) is 0.482. The van der Waals surface area contributed by atoms with Gasteiger partial charge in [-0.15, -0.1) is 0 Å². The third kappa shape index (κ3) is 3.40. The maximum atomic E-state index is 12.3. The van der Waals surface area contributed by atoms with Crippen molar-refractivity contribution < 1.29 is 9.53 Å². The molecule has 3 rings (SSSR count). The van der Waals surface area contributed by atoms with Gasteiger partial charge in [-0.3, -0.25) is 5.32 Å². The Morgan fingerprint density at radius 2 is 2.00 bits per heavy atom. The Kier molecular flexibility index (Phi) is 4.53. The number of allylic oxidation sites excluding steroid dienone is 2. The Morgan fingerprint density at radius 1 is 1.29 bits per heavy atom. The third-order valence-electron chi connectivity index (χ3n) is 5.50. The lowest BCUT2D eigenvalue weighted by molar-refractivity contribution is 0.0337. The Morgan fingerprint density at radius 3 is 2.71 bits per heavy atom. The molecule has 2 atom stereocenters. The molecule has 0 bridgehead atoms. The second kappa shape index (κ2) is 6.46. The highest BCUT2D eigenvalue weighted by molar-refractivity contribution is 5.84. The second-order valence-electron chi connectivity index (χ2n) is 7.81. The number of fused-ring (bicyclic) bond motifs is 1. The van der Waals surface area contributed by atoms with Gasteiger partial charge in [-0.2, -0.15) is 0 Å². The van der Waals surface area contributed by atoms with E-state index in [9.17, 15) is 4.79 Å². The van der Waals surface area contributed by atoms with Crippen molar-refractivity contribution in [3.05, 3.63) is 53.6 Å². The first-order valence-corrected chi connectivity index (χ1v) is 8.75. The number of hydrogen-bond donors (Lipinski definition) is 1. The molecule has 1 fully saturated rings. The minimum absolute atomic E-state index is 0.0906. The van der Waals surface area contributed by atoms with Gasteiger partial charge in [-0.25, -0.2) is 4.79 Å². The van der Waals surface area contributed by atoms with Crippen LogP contribution in [0.15, 0.2) is 53.6 Å². The molecule has 24 heavy (non-hydrogen) atoms. The van der Waals surface area contributed by atoms with Crippen LogP contribution in [0, 0.1) is 11.3 Å². The number of hydrogen-bond acceptors (Lipinski definition) is 2. The average Bonchev–Trinajstić information content (AvgIpc) is 2.83.